The smallest absolute Gasteiger partial charge is 1.00 e. The monoisotopic (exact) mass is 280 g/mol. The van der Waals surface area contributed by atoms with Crippen molar-refractivity contribution >= 4 is 37.7 Å². The van der Waals surface area contributed by atoms with Gasteiger partial charge in [0.1, 0.15) is 0 Å². The van der Waals surface area contributed by atoms with Gasteiger partial charge in [0.2, 0.25) is 0 Å². The van der Waals surface area contributed by atoms with Gasteiger partial charge in [-0.2, -0.15) is 43.9 Å². The first-order chi connectivity index (χ1) is 5.75. The van der Waals surface area contributed by atoms with Gasteiger partial charge in [0.15, 0.2) is 0 Å². The first-order valence-electron chi connectivity index (χ1n) is 2.64. The van der Waals surface area contributed by atoms with E-state index in [1.807, 2.05) is 0 Å². The van der Waals surface area contributed by atoms with Crippen LogP contribution in [0.15, 0.2) is 0 Å². The van der Waals surface area contributed by atoms with Gasteiger partial charge in [-0.25, -0.2) is 0 Å². The molecule has 0 radical (unpaired) electrons. The maximum Gasteiger partial charge on any atom is 2.00 e. The fourth-order valence-corrected chi connectivity index (χ4v) is 0.356. The summed E-state index contributed by atoms with van der Waals surface area (Å²) in [7, 11) is 0. The Hall–Kier alpha value is 0.560. The van der Waals surface area contributed by atoms with E-state index in [2.05, 4.69) is 0 Å². The van der Waals surface area contributed by atoms with Gasteiger partial charge in [0.25, 0.3) is 0 Å². The molecule has 0 aliphatic heterocycles. The first kappa shape index (κ1) is 17.9. The van der Waals surface area contributed by atoms with Crippen LogP contribution in [0.25, 0.3) is 0 Å². The van der Waals surface area contributed by atoms with E-state index in [9.17, 15) is 43.9 Å². The molecule has 0 aromatic rings. The van der Waals surface area contributed by atoms with Crippen molar-refractivity contribution in [3.05, 3.63) is 0 Å². The van der Waals surface area contributed by atoms with E-state index in [1.54, 1.807) is 0 Å². The van der Waals surface area contributed by atoms with Gasteiger partial charge < -0.3 is 2.85 Å². The van der Waals surface area contributed by atoms with Crippen LogP contribution < -0.4 is 0 Å². The van der Waals surface area contributed by atoms with Gasteiger partial charge in [-0.3, -0.25) is 0 Å². The molecule has 0 saturated carbocycles. The SMILES string of the molecule is FC(F)(F)C(F)(F)C(F)(F)C(F)(F)F.[Ca+2].[H-].[H-]. The second-order valence-electron chi connectivity index (χ2n) is 2.14. The van der Waals surface area contributed by atoms with Crippen LogP contribution in [0.2, 0.25) is 0 Å². The second-order valence-corrected chi connectivity index (χ2v) is 2.14. The Labute approximate surface area is 109 Å². The van der Waals surface area contributed by atoms with Crippen LogP contribution in [0.5, 0.6) is 0 Å². The third-order valence-corrected chi connectivity index (χ3v) is 1.11. The van der Waals surface area contributed by atoms with E-state index < -0.39 is 24.2 Å². The number of hydrogen-bond donors (Lipinski definition) is 0. The Balaban J connectivity index is -0.000000282. The van der Waals surface area contributed by atoms with Crippen molar-refractivity contribution in [3.8, 4) is 0 Å². The molecule has 0 aliphatic carbocycles. The van der Waals surface area contributed by atoms with Gasteiger partial charge in [-0.15, -0.1) is 0 Å². The van der Waals surface area contributed by atoms with E-state index >= 15 is 0 Å². The Morgan fingerprint density at radius 1 is 0.467 bits per heavy atom. The zero-order valence-corrected chi connectivity index (χ0v) is 8.70. The zero-order valence-electron chi connectivity index (χ0n) is 8.49. The van der Waals surface area contributed by atoms with Crippen molar-refractivity contribution in [2.75, 3.05) is 0 Å². The fraction of sp³-hybridized carbons (Fsp3) is 1.00. The maximum atomic E-state index is 11.6. The molecule has 0 nitrogen and oxygen atoms in total. The summed E-state index contributed by atoms with van der Waals surface area (Å²) < 4.78 is 113. The molecule has 0 atom stereocenters. The van der Waals surface area contributed by atoms with Crippen molar-refractivity contribution in [2.24, 2.45) is 0 Å². The van der Waals surface area contributed by atoms with E-state index in [4.69, 9.17) is 0 Å². The molecule has 11 heteroatoms. The van der Waals surface area contributed by atoms with Crippen LogP contribution in [0.3, 0.4) is 0 Å². The first-order valence-corrected chi connectivity index (χ1v) is 2.64. The van der Waals surface area contributed by atoms with E-state index in [0.717, 1.165) is 0 Å². The van der Waals surface area contributed by atoms with Gasteiger partial charge in [-0.1, -0.05) is 0 Å². The predicted octanol–water partition coefficient (Wildman–Crippen LogP) is 3.23. The van der Waals surface area contributed by atoms with Crippen LogP contribution in [0, 0.1) is 0 Å². The predicted molar refractivity (Wildman–Crippen MR) is 30.0 cm³/mol. The topological polar surface area (TPSA) is 0 Å². The van der Waals surface area contributed by atoms with Crippen LogP contribution in [0.1, 0.15) is 2.85 Å². The summed E-state index contributed by atoms with van der Waals surface area (Å²) in [6.45, 7) is 0. The maximum absolute atomic E-state index is 11.6. The standard InChI is InChI=1S/C4F10.Ca.2H/c5-1(6,3(9,10)11)2(7,8)4(12,13)14;;;/q;+2;2*-1. The number of rotatable bonds is 1. The molecule has 0 amide bonds. The Bertz CT molecular complexity index is 195. The van der Waals surface area contributed by atoms with Crippen LogP contribution in [-0.4, -0.2) is 61.9 Å². The molecular formula is C4H2CaF10. The summed E-state index contributed by atoms with van der Waals surface area (Å²) in [6.07, 6.45) is -13.9. The van der Waals surface area contributed by atoms with Crippen molar-refractivity contribution in [1.82, 2.24) is 0 Å². The normalized spacial score (nSPS) is 14.8. The molecule has 0 aromatic heterocycles. The van der Waals surface area contributed by atoms with Crippen LogP contribution in [-0.2, 0) is 0 Å². The van der Waals surface area contributed by atoms with Crippen molar-refractivity contribution in [1.29, 1.82) is 0 Å². The molecule has 0 fully saturated rings. The van der Waals surface area contributed by atoms with Gasteiger partial charge in [0.05, 0.1) is 0 Å². The van der Waals surface area contributed by atoms with E-state index in [0.29, 0.717) is 0 Å². The molecule has 0 spiro atoms. The van der Waals surface area contributed by atoms with Crippen molar-refractivity contribution in [3.63, 3.8) is 0 Å². The van der Waals surface area contributed by atoms with E-state index in [-0.39, 0.29) is 40.6 Å². The van der Waals surface area contributed by atoms with Crippen molar-refractivity contribution < 1.29 is 46.8 Å². The molecule has 90 valence electrons. The minimum Gasteiger partial charge on any atom is -1.00 e. The quantitative estimate of drug-likeness (QED) is 0.511. The van der Waals surface area contributed by atoms with Crippen LogP contribution >= 0.6 is 0 Å². The molecule has 0 aliphatic rings. The average molecular weight is 280 g/mol. The third kappa shape index (κ3) is 3.02. The summed E-state index contributed by atoms with van der Waals surface area (Å²) in [5, 5.41) is 0. The zero-order chi connectivity index (χ0) is 12.0. The minimum absolute atomic E-state index is 0. The van der Waals surface area contributed by atoms with E-state index in [1.165, 1.54) is 0 Å². The summed E-state index contributed by atoms with van der Waals surface area (Å²) >= 11 is 0. The number of alkyl halides is 10. The number of hydrogen-bond acceptors (Lipinski definition) is 0. The molecule has 0 bridgehead atoms. The molecule has 0 aromatic carbocycles. The third-order valence-electron chi connectivity index (χ3n) is 1.11. The molecule has 0 saturated heterocycles. The Kier molecular flexibility index (Phi) is 5.31. The largest absolute Gasteiger partial charge is 2.00 e. The average Bonchev–Trinajstić information content (AvgIpc) is 1.81. The molecule has 0 unspecified atom stereocenters. The van der Waals surface area contributed by atoms with Crippen LogP contribution in [0.4, 0.5) is 43.9 Å². The molecular weight excluding hydrogens is 278 g/mol. The Morgan fingerprint density at radius 3 is 0.667 bits per heavy atom. The summed E-state index contributed by atoms with van der Waals surface area (Å²) in [5.74, 6) is -14.3. The van der Waals surface area contributed by atoms with Gasteiger partial charge in [0, 0.05) is 0 Å². The summed E-state index contributed by atoms with van der Waals surface area (Å²) in [4.78, 5) is 0. The molecule has 0 N–H and O–H groups in total. The molecule has 0 rings (SSSR count). The summed E-state index contributed by atoms with van der Waals surface area (Å²) in [6, 6.07) is 0. The number of halogens is 10. The van der Waals surface area contributed by atoms with Gasteiger partial charge in [-0.05, 0) is 0 Å². The second kappa shape index (κ2) is 4.44. The summed E-state index contributed by atoms with van der Waals surface area (Å²) in [5.41, 5.74) is 0. The molecule has 0 heterocycles. The van der Waals surface area contributed by atoms with Crippen molar-refractivity contribution in [2.45, 2.75) is 24.2 Å². The fourth-order valence-electron chi connectivity index (χ4n) is 0.356. The Morgan fingerprint density at radius 2 is 0.600 bits per heavy atom. The van der Waals surface area contributed by atoms with Gasteiger partial charge >= 0.3 is 61.9 Å². The molecule has 15 heavy (non-hydrogen) atoms. The minimum atomic E-state index is -7.14.